The number of aliphatic hydroxyl groups excluding tert-OH is 1. The van der Waals surface area contributed by atoms with Gasteiger partial charge in [-0.05, 0) is 52.5 Å². The average Bonchev–Trinajstić information content (AvgIpc) is 2.34. The number of aryl methyl sites for hydroxylation is 2. The largest absolute Gasteiger partial charge is 0.496 e. The third-order valence-corrected chi connectivity index (χ3v) is 3.29. The molecule has 0 saturated heterocycles. The van der Waals surface area contributed by atoms with Gasteiger partial charge in [0.2, 0.25) is 0 Å². The standard InChI is InChI=1S/C15H26N2O2/c1-10-8-11(2)15(19-5)12(9-10)14(18)13(16)6-7-17(3)4/h8-9,13-14,18H,6-7,16H2,1-5H3. The van der Waals surface area contributed by atoms with E-state index in [-0.39, 0.29) is 6.04 Å². The first-order chi connectivity index (χ1) is 8.86. The van der Waals surface area contributed by atoms with Crippen LogP contribution in [0.15, 0.2) is 12.1 Å². The molecular weight excluding hydrogens is 240 g/mol. The molecule has 4 heteroatoms. The number of nitrogens with two attached hydrogens (primary N) is 1. The minimum atomic E-state index is -0.700. The highest BCUT2D eigenvalue weighted by molar-refractivity contribution is 5.45. The summed E-state index contributed by atoms with van der Waals surface area (Å²) in [5, 5.41) is 10.4. The van der Waals surface area contributed by atoms with E-state index in [1.54, 1.807) is 7.11 Å². The molecule has 4 nitrogen and oxygen atoms in total. The lowest BCUT2D eigenvalue weighted by Gasteiger charge is -2.23. The highest BCUT2D eigenvalue weighted by Crippen LogP contribution is 2.31. The number of rotatable bonds is 6. The van der Waals surface area contributed by atoms with Crippen molar-refractivity contribution in [3.8, 4) is 5.75 Å². The third kappa shape index (κ3) is 4.20. The van der Waals surface area contributed by atoms with Crippen molar-refractivity contribution in [3.63, 3.8) is 0 Å². The maximum atomic E-state index is 10.4. The summed E-state index contributed by atoms with van der Waals surface area (Å²) in [4.78, 5) is 2.06. The number of benzene rings is 1. The van der Waals surface area contributed by atoms with Gasteiger partial charge < -0.3 is 20.5 Å². The second-order valence-electron chi connectivity index (χ2n) is 5.40. The van der Waals surface area contributed by atoms with Crippen LogP contribution in [0.4, 0.5) is 0 Å². The van der Waals surface area contributed by atoms with Crippen molar-refractivity contribution in [3.05, 3.63) is 28.8 Å². The molecular formula is C15H26N2O2. The van der Waals surface area contributed by atoms with Crippen molar-refractivity contribution in [2.75, 3.05) is 27.7 Å². The average molecular weight is 266 g/mol. The Hall–Kier alpha value is -1.10. The van der Waals surface area contributed by atoms with Gasteiger partial charge in [-0.2, -0.15) is 0 Å². The summed E-state index contributed by atoms with van der Waals surface area (Å²) in [6, 6.07) is 3.70. The van der Waals surface area contributed by atoms with Crippen LogP contribution in [0.25, 0.3) is 0 Å². The van der Waals surface area contributed by atoms with Crippen LogP contribution in [0.2, 0.25) is 0 Å². The second-order valence-corrected chi connectivity index (χ2v) is 5.40. The lowest BCUT2D eigenvalue weighted by atomic mass is 9.95. The molecule has 0 aliphatic heterocycles. The Morgan fingerprint density at radius 3 is 2.47 bits per heavy atom. The number of hydrogen-bond donors (Lipinski definition) is 2. The molecule has 0 saturated carbocycles. The van der Waals surface area contributed by atoms with Gasteiger partial charge in [0, 0.05) is 11.6 Å². The molecule has 0 aromatic heterocycles. The predicted octanol–water partition coefficient (Wildman–Crippen LogP) is 1.62. The number of hydrogen-bond acceptors (Lipinski definition) is 4. The van der Waals surface area contributed by atoms with E-state index in [0.717, 1.165) is 35.4 Å². The fourth-order valence-electron chi connectivity index (χ4n) is 2.28. The lowest BCUT2D eigenvalue weighted by molar-refractivity contribution is 0.134. The summed E-state index contributed by atoms with van der Waals surface area (Å²) in [6.45, 7) is 4.84. The Morgan fingerprint density at radius 1 is 1.32 bits per heavy atom. The van der Waals surface area contributed by atoms with Crippen LogP contribution in [-0.2, 0) is 0 Å². The molecule has 3 N–H and O–H groups in total. The van der Waals surface area contributed by atoms with Crippen molar-refractivity contribution >= 4 is 0 Å². The number of methoxy groups -OCH3 is 1. The summed E-state index contributed by atoms with van der Waals surface area (Å²) in [5.74, 6) is 0.735. The molecule has 0 radical (unpaired) electrons. The van der Waals surface area contributed by atoms with Gasteiger partial charge in [-0.3, -0.25) is 0 Å². The van der Waals surface area contributed by atoms with Crippen LogP contribution in [-0.4, -0.2) is 43.8 Å². The molecule has 2 unspecified atom stereocenters. The van der Waals surface area contributed by atoms with Crippen molar-refractivity contribution in [1.82, 2.24) is 4.90 Å². The number of aliphatic hydroxyl groups is 1. The molecule has 19 heavy (non-hydrogen) atoms. The Kier molecular flexibility index (Phi) is 5.79. The van der Waals surface area contributed by atoms with Crippen molar-refractivity contribution in [2.45, 2.75) is 32.4 Å². The van der Waals surface area contributed by atoms with E-state index >= 15 is 0 Å². The van der Waals surface area contributed by atoms with Gasteiger partial charge in [-0.1, -0.05) is 11.6 Å². The summed E-state index contributed by atoms with van der Waals surface area (Å²) < 4.78 is 5.40. The molecule has 1 aromatic carbocycles. The van der Waals surface area contributed by atoms with E-state index < -0.39 is 6.10 Å². The third-order valence-electron chi connectivity index (χ3n) is 3.29. The van der Waals surface area contributed by atoms with Crippen LogP contribution in [0.3, 0.4) is 0 Å². The normalized spacial score (nSPS) is 14.5. The number of ether oxygens (including phenoxy) is 1. The first-order valence-corrected chi connectivity index (χ1v) is 6.60. The van der Waals surface area contributed by atoms with Gasteiger partial charge >= 0.3 is 0 Å². The van der Waals surface area contributed by atoms with Crippen LogP contribution < -0.4 is 10.5 Å². The van der Waals surface area contributed by atoms with Crippen LogP contribution >= 0.6 is 0 Å². The van der Waals surface area contributed by atoms with E-state index in [1.807, 2.05) is 40.1 Å². The van der Waals surface area contributed by atoms with Gasteiger partial charge in [0.25, 0.3) is 0 Å². The zero-order valence-electron chi connectivity index (χ0n) is 12.6. The molecule has 1 aromatic rings. The maximum absolute atomic E-state index is 10.4. The van der Waals surface area contributed by atoms with Gasteiger partial charge in [-0.15, -0.1) is 0 Å². The van der Waals surface area contributed by atoms with Crippen molar-refractivity contribution in [1.29, 1.82) is 0 Å². The fourth-order valence-corrected chi connectivity index (χ4v) is 2.28. The molecule has 0 aliphatic rings. The molecule has 0 fully saturated rings. The molecule has 0 spiro atoms. The quantitative estimate of drug-likeness (QED) is 0.821. The first kappa shape index (κ1) is 16.0. The van der Waals surface area contributed by atoms with E-state index in [4.69, 9.17) is 10.5 Å². The second kappa shape index (κ2) is 6.89. The number of nitrogens with zero attached hydrogens (tertiary/aromatic N) is 1. The highest BCUT2D eigenvalue weighted by Gasteiger charge is 2.22. The molecule has 0 amide bonds. The summed E-state index contributed by atoms with van der Waals surface area (Å²) in [6.07, 6.45) is 0.0399. The molecule has 2 atom stereocenters. The predicted molar refractivity (Wildman–Crippen MR) is 78.6 cm³/mol. The zero-order valence-corrected chi connectivity index (χ0v) is 12.6. The fraction of sp³-hybridized carbons (Fsp3) is 0.600. The van der Waals surface area contributed by atoms with Crippen LogP contribution in [0.1, 0.15) is 29.2 Å². The monoisotopic (exact) mass is 266 g/mol. The Morgan fingerprint density at radius 2 is 1.95 bits per heavy atom. The minimum Gasteiger partial charge on any atom is -0.496 e. The van der Waals surface area contributed by atoms with Crippen molar-refractivity contribution in [2.24, 2.45) is 5.73 Å². The Balaban J connectivity index is 2.94. The zero-order chi connectivity index (χ0) is 14.6. The smallest absolute Gasteiger partial charge is 0.127 e. The van der Waals surface area contributed by atoms with Crippen LogP contribution in [0, 0.1) is 13.8 Å². The van der Waals surface area contributed by atoms with E-state index in [1.165, 1.54) is 0 Å². The maximum Gasteiger partial charge on any atom is 0.127 e. The van der Waals surface area contributed by atoms with Gasteiger partial charge in [0.1, 0.15) is 5.75 Å². The molecule has 108 valence electrons. The van der Waals surface area contributed by atoms with Crippen molar-refractivity contribution < 1.29 is 9.84 Å². The van der Waals surface area contributed by atoms with Crippen LogP contribution in [0.5, 0.6) is 5.75 Å². The first-order valence-electron chi connectivity index (χ1n) is 6.60. The highest BCUT2D eigenvalue weighted by atomic mass is 16.5. The van der Waals surface area contributed by atoms with E-state index in [9.17, 15) is 5.11 Å². The van der Waals surface area contributed by atoms with Gasteiger partial charge in [-0.25, -0.2) is 0 Å². The minimum absolute atomic E-state index is 0.294. The molecule has 1 rings (SSSR count). The molecule has 0 bridgehead atoms. The Labute approximate surface area is 116 Å². The topological polar surface area (TPSA) is 58.7 Å². The summed E-state index contributed by atoms with van der Waals surface area (Å²) in [5.41, 5.74) is 9.00. The van der Waals surface area contributed by atoms with Gasteiger partial charge in [0.15, 0.2) is 0 Å². The summed E-state index contributed by atoms with van der Waals surface area (Å²) >= 11 is 0. The summed E-state index contributed by atoms with van der Waals surface area (Å²) in [7, 11) is 5.62. The van der Waals surface area contributed by atoms with E-state index in [2.05, 4.69) is 4.90 Å². The van der Waals surface area contributed by atoms with Gasteiger partial charge in [0.05, 0.1) is 13.2 Å². The molecule has 0 aliphatic carbocycles. The lowest BCUT2D eigenvalue weighted by Crippen LogP contribution is -2.32. The van der Waals surface area contributed by atoms with E-state index in [0.29, 0.717) is 0 Å². The Bertz CT molecular complexity index is 419. The SMILES string of the molecule is COc1c(C)cc(C)cc1C(O)C(N)CCN(C)C. The molecule has 0 heterocycles.